The number of aryl methyl sites for hydroxylation is 1. The molecule has 8 nitrogen and oxygen atoms in total. The number of benzene rings is 2. The van der Waals surface area contributed by atoms with Crippen LogP contribution in [0.4, 0.5) is 17.2 Å². The van der Waals surface area contributed by atoms with Gasteiger partial charge in [0, 0.05) is 43.6 Å². The third-order valence-corrected chi connectivity index (χ3v) is 6.69. The molecule has 0 radical (unpaired) electrons. The first kappa shape index (κ1) is 22.3. The zero-order chi connectivity index (χ0) is 23.3. The molecule has 1 amide bonds. The third-order valence-electron chi connectivity index (χ3n) is 5.77. The van der Waals surface area contributed by atoms with Crippen LogP contribution in [-0.2, 0) is 4.79 Å². The molecule has 2 aromatic carbocycles. The molecule has 5 rings (SSSR count). The molecule has 1 N–H and O–H groups in total. The maximum absolute atomic E-state index is 12.4. The van der Waals surface area contributed by atoms with Gasteiger partial charge in [-0.05, 0) is 48.9 Å². The first-order chi connectivity index (χ1) is 16.6. The van der Waals surface area contributed by atoms with Crippen molar-refractivity contribution in [2.45, 2.75) is 11.9 Å². The van der Waals surface area contributed by atoms with E-state index in [0.717, 1.165) is 37.0 Å². The van der Waals surface area contributed by atoms with E-state index in [1.54, 1.807) is 6.07 Å². The molecule has 0 saturated carbocycles. The Morgan fingerprint density at radius 1 is 0.941 bits per heavy atom. The number of carbonyl (C=O) groups is 1. The van der Waals surface area contributed by atoms with E-state index in [-0.39, 0.29) is 11.7 Å². The number of carbonyl (C=O) groups excluding carboxylic acids is 1. The fraction of sp³-hybridized carbons (Fsp3) is 0.320. The van der Waals surface area contributed by atoms with Crippen molar-refractivity contribution in [3.63, 3.8) is 0 Å². The van der Waals surface area contributed by atoms with Crippen LogP contribution in [0.5, 0.6) is 11.5 Å². The molecule has 0 bridgehead atoms. The van der Waals surface area contributed by atoms with Gasteiger partial charge in [-0.2, -0.15) is 0 Å². The smallest absolute Gasteiger partial charge is 0.234 e. The largest absolute Gasteiger partial charge is 0.486 e. The fourth-order valence-corrected chi connectivity index (χ4v) is 4.65. The molecular formula is C25H27N5O3S. The molecule has 0 aliphatic carbocycles. The Labute approximate surface area is 203 Å². The highest BCUT2D eigenvalue weighted by Gasteiger charge is 2.19. The average molecular weight is 478 g/mol. The highest BCUT2D eigenvalue weighted by atomic mass is 32.2. The summed E-state index contributed by atoms with van der Waals surface area (Å²) in [5, 5.41) is 12.3. The van der Waals surface area contributed by atoms with Crippen LogP contribution in [0.15, 0.2) is 59.6 Å². The van der Waals surface area contributed by atoms with Crippen molar-refractivity contribution in [1.82, 2.24) is 10.2 Å². The summed E-state index contributed by atoms with van der Waals surface area (Å²) >= 11 is 1.36. The van der Waals surface area contributed by atoms with Crippen LogP contribution in [0.2, 0.25) is 0 Å². The van der Waals surface area contributed by atoms with Gasteiger partial charge in [-0.1, -0.05) is 23.9 Å². The summed E-state index contributed by atoms with van der Waals surface area (Å²) in [6.07, 6.45) is 0. The maximum atomic E-state index is 12.4. The normalized spacial score (nSPS) is 15.2. The molecule has 2 aliphatic heterocycles. The summed E-state index contributed by atoms with van der Waals surface area (Å²) in [4.78, 5) is 17.0. The summed E-state index contributed by atoms with van der Waals surface area (Å²) in [6.45, 7) is 6.86. The van der Waals surface area contributed by atoms with E-state index in [9.17, 15) is 4.79 Å². The zero-order valence-corrected chi connectivity index (χ0v) is 19.9. The highest BCUT2D eigenvalue weighted by molar-refractivity contribution is 7.99. The van der Waals surface area contributed by atoms with Crippen LogP contribution < -0.4 is 24.6 Å². The Kier molecular flexibility index (Phi) is 6.71. The molecule has 1 saturated heterocycles. The Bertz CT molecular complexity index is 1150. The van der Waals surface area contributed by atoms with Gasteiger partial charge in [0.25, 0.3) is 0 Å². The minimum Gasteiger partial charge on any atom is -0.486 e. The van der Waals surface area contributed by atoms with E-state index in [0.29, 0.717) is 30.4 Å². The molecule has 0 atom stereocenters. The minimum absolute atomic E-state index is 0.111. The highest BCUT2D eigenvalue weighted by Crippen LogP contribution is 2.32. The Hall–Kier alpha value is -3.46. The number of hydrogen-bond acceptors (Lipinski definition) is 8. The Morgan fingerprint density at radius 2 is 1.74 bits per heavy atom. The van der Waals surface area contributed by atoms with Crippen molar-refractivity contribution >= 4 is 34.9 Å². The van der Waals surface area contributed by atoms with Crippen molar-refractivity contribution in [1.29, 1.82) is 0 Å². The summed E-state index contributed by atoms with van der Waals surface area (Å²) in [7, 11) is 0. The lowest BCUT2D eigenvalue weighted by Gasteiger charge is -2.36. The molecule has 0 unspecified atom stereocenters. The lowest BCUT2D eigenvalue weighted by atomic mass is 10.2. The van der Waals surface area contributed by atoms with E-state index >= 15 is 0 Å². The topological polar surface area (TPSA) is 79.8 Å². The average Bonchev–Trinajstić information content (AvgIpc) is 2.88. The number of piperazine rings is 1. The first-order valence-electron chi connectivity index (χ1n) is 11.4. The standard InChI is InChI=1S/C25H27N5O3S/c1-18-3-2-4-20(15-18)29-9-11-30(12-10-29)23-7-8-25(28-27-23)34-17-24(31)26-19-5-6-21-22(16-19)33-14-13-32-21/h2-8,15-16H,9-14,17H2,1H3,(H,26,31). The van der Waals surface area contributed by atoms with Gasteiger partial charge in [0.05, 0.1) is 5.75 Å². The second-order valence-corrected chi connectivity index (χ2v) is 9.23. The van der Waals surface area contributed by atoms with Crippen LogP contribution >= 0.6 is 11.8 Å². The summed E-state index contributed by atoms with van der Waals surface area (Å²) in [5.41, 5.74) is 3.23. The molecule has 3 aromatic rings. The van der Waals surface area contributed by atoms with Crippen molar-refractivity contribution in [3.05, 3.63) is 60.2 Å². The van der Waals surface area contributed by atoms with Gasteiger partial charge in [-0.15, -0.1) is 10.2 Å². The quantitative estimate of drug-likeness (QED) is 0.540. The molecule has 0 spiro atoms. The molecule has 34 heavy (non-hydrogen) atoms. The van der Waals surface area contributed by atoms with Gasteiger partial charge in [-0.3, -0.25) is 4.79 Å². The van der Waals surface area contributed by atoms with Crippen LogP contribution in [0.1, 0.15) is 5.56 Å². The van der Waals surface area contributed by atoms with Gasteiger partial charge < -0.3 is 24.6 Å². The molecule has 9 heteroatoms. The fourth-order valence-electron chi connectivity index (χ4n) is 4.03. The second kappa shape index (κ2) is 10.2. The zero-order valence-electron chi connectivity index (χ0n) is 19.1. The number of fused-ring (bicyclic) bond motifs is 1. The van der Waals surface area contributed by atoms with Gasteiger partial charge >= 0.3 is 0 Å². The predicted octanol–water partition coefficient (Wildman–Crippen LogP) is 3.61. The molecular weight excluding hydrogens is 450 g/mol. The first-order valence-corrected chi connectivity index (χ1v) is 12.4. The number of nitrogens with one attached hydrogen (secondary N) is 1. The number of aromatic nitrogens is 2. The number of ether oxygens (including phenoxy) is 2. The molecule has 1 aromatic heterocycles. The van der Waals surface area contributed by atoms with E-state index in [4.69, 9.17) is 9.47 Å². The number of hydrogen-bond donors (Lipinski definition) is 1. The number of rotatable bonds is 6. The van der Waals surface area contributed by atoms with Crippen molar-refractivity contribution in [3.8, 4) is 11.5 Å². The van der Waals surface area contributed by atoms with Gasteiger partial charge in [-0.25, -0.2) is 0 Å². The summed E-state index contributed by atoms with van der Waals surface area (Å²) < 4.78 is 11.1. The second-order valence-electron chi connectivity index (χ2n) is 8.24. The molecule has 176 valence electrons. The van der Waals surface area contributed by atoms with Gasteiger partial charge in [0.15, 0.2) is 17.3 Å². The van der Waals surface area contributed by atoms with E-state index in [1.165, 1.54) is 23.0 Å². The summed E-state index contributed by atoms with van der Waals surface area (Å²) in [6, 6.07) is 17.9. The van der Waals surface area contributed by atoms with E-state index in [2.05, 4.69) is 56.5 Å². The number of thioether (sulfide) groups is 1. The van der Waals surface area contributed by atoms with Gasteiger partial charge in [0.2, 0.25) is 5.91 Å². The SMILES string of the molecule is Cc1cccc(N2CCN(c3ccc(SCC(=O)Nc4ccc5c(c4)OCCO5)nn3)CC2)c1. The van der Waals surface area contributed by atoms with Gasteiger partial charge in [0.1, 0.15) is 18.2 Å². The van der Waals surface area contributed by atoms with Crippen molar-refractivity contribution in [2.24, 2.45) is 0 Å². The molecule has 1 fully saturated rings. The van der Waals surface area contributed by atoms with E-state index in [1.807, 2.05) is 24.3 Å². The number of anilines is 3. The van der Waals surface area contributed by atoms with Crippen LogP contribution in [0, 0.1) is 6.92 Å². The van der Waals surface area contributed by atoms with Crippen molar-refractivity contribution < 1.29 is 14.3 Å². The molecule has 3 heterocycles. The van der Waals surface area contributed by atoms with Crippen LogP contribution in [0.25, 0.3) is 0 Å². The monoisotopic (exact) mass is 477 g/mol. The van der Waals surface area contributed by atoms with E-state index < -0.39 is 0 Å². The lowest BCUT2D eigenvalue weighted by molar-refractivity contribution is -0.113. The Balaban J connectivity index is 1.10. The third kappa shape index (κ3) is 5.36. The Morgan fingerprint density at radius 3 is 2.50 bits per heavy atom. The van der Waals surface area contributed by atoms with Crippen LogP contribution in [-0.4, -0.2) is 61.3 Å². The predicted molar refractivity (Wildman–Crippen MR) is 134 cm³/mol. The van der Waals surface area contributed by atoms with Crippen LogP contribution in [0.3, 0.4) is 0 Å². The van der Waals surface area contributed by atoms with Crippen molar-refractivity contribution in [2.75, 3.05) is 60.3 Å². The number of nitrogens with zero attached hydrogens (tertiary/aromatic N) is 4. The minimum atomic E-state index is -0.111. The lowest BCUT2D eigenvalue weighted by Crippen LogP contribution is -2.46. The molecule has 2 aliphatic rings. The number of amides is 1. The summed E-state index contributed by atoms with van der Waals surface area (Å²) in [5.74, 6) is 2.36. The maximum Gasteiger partial charge on any atom is 0.234 e.